The Hall–Kier alpha value is -5.35. The van der Waals surface area contributed by atoms with Crippen molar-refractivity contribution in [3.05, 3.63) is 115 Å². The van der Waals surface area contributed by atoms with E-state index in [0.717, 1.165) is 39.0 Å². The van der Waals surface area contributed by atoms with Gasteiger partial charge < -0.3 is 15.1 Å². The second-order valence-corrected chi connectivity index (χ2v) is 11.3. The van der Waals surface area contributed by atoms with Crippen LogP contribution in [-0.2, 0) is 0 Å². The van der Waals surface area contributed by atoms with E-state index in [1.165, 1.54) is 0 Å². The first-order valence-electron chi connectivity index (χ1n) is 14.9. The summed E-state index contributed by atoms with van der Waals surface area (Å²) in [6.07, 6.45) is 5.26. The van der Waals surface area contributed by atoms with E-state index in [4.69, 9.17) is 15.0 Å². The largest absolute Gasteiger partial charge is 0.322 e. The third-order valence-corrected chi connectivity index (χ3v) is 8.87. The van der Waals surface area contributed by atoms with Crippen molar-refractivity contribution in [2.24, 2.45) is 0 Å². The summed E-state index contributed by atoms with van der Waals surface area (Å²) in [6.45, 7) is 4.05. The van der Waals surface area contributed by atoms with E-state index in [-0.39, 0.29) is 24.3 Å². The number of benzene rings is 3. The fourth-order valence-corrected chi connectivity index (χ4v) is 6.71. The van der Waals surface area contributed by atoms with E-state index in [1.807, 2.05) is 88.5 Å². The van der Waals surface area contributed by atoms with Crippen molar-refractivity contribution in [2.45, 2.75) is 25.2 Å². The minimum atomic E-state index is -0.172. The molecular formula is C34H31N9O. The van der Waals surface area contributed by atoms with Crippen molar-refractivity contribution >= 4 is 39.5 Å². The van der Waals surface area contributed by atoms with E-state index in [1.54, 1.807) is 12.5 Å². The maximum absolute atomic E-state index is 13.6. The zero-order valence-electron chi connectivity index (χ0n) is 24.2. The van der Waals surface area contributed by atoms with E-state index < -0.39 is 0 Å². The Kier molecular flexibility index (Phi) is 6.41. The molecule has 10 nitrogen and oxygen atoms in total. The summed E-state index contributed by atoms with van der Waals surface area (Å²) in [6, 6.07) is 30.0. The minimum absolute atomic E-state index is 0.00458. The van der Waals surface area contributed by atoms with E-state index in [0.29, 0.717) is 25.6 Å². The van der Waals surface area contributed by atoms with Crippen LogP contribution in [0.4, 0.5) is 16.4 Å². The number of pyridine rings is 1. The van der Waals surface area contributed by atoms with Crippen LogP contribution in [0.1, 0.15) is 18.8 Å². The Morgan fingerprint density at radius 1 is 0.841 bits per heavy atom. The fraction of sp³-hybridized carbons (Fsp3) is 0.206. The Morgan fingerprint density at radius 3 is 2.59 bits per heavy atom. The zero-order valence-corrected chi connectivity index (χ0v) is 24.2. The number of fused-ring (bicyclic) bond motifs is 3. The van der Waals surface area contributed by atoms with Gasteiger partial charge in [0.25, 0.3) is 0 Å². The predicted molar refractivity (Wildman–Crippen MR) is 171 cm³/mol. The molecule has 2 amide bonds. The quantitative estimate of drug-likeness (QED) is 0.294. The SMILES string of the molecule is C[C@H]1[C@@H]2CN(C(=O)Nc3cccc4ccccc34)CCN2C(c2ccccn2)N1c1nccc(-n2cnc3ccccc32)n1. The number of anilines is 2. The summed E-state index contributed by atoms with van der Waals surface area (Å²) in [5, 5.41) is 5.31. The van der Waals surface area contributed by atoms with Gasteiger partial charge in [-0.3, -0.25) is 14.5 Å². The van der Waals surface area contributed by atoms with E-state index >= 15 is 0 Å². The van der Waals surface area contributed by atoms with Gasteiger partial charge in [-0.15, -0.1) is 0 Å². The lowest BCUT2D eigenvalue weighted by Crippen LogP contribution is -2.55. The maximum atomic E-state index is 13.6. The molecule has 2 aliphatic heterocycles. The first kappa shape index (κ1) is 26.3. The van der Waals surface area contributed by atoms with Crippen LogP contribution in [0.5, 0.6) is 0 Å². The van der Waals surface area contributed by atoms with Gasteiger partial charge in [-0.2, -0.15) is 4.98 Å². The number of nitrogens with zero attached hydrogens (tertiary/aromatic N) is 8. The highest BCUT2D eigenvalue weighted by Gasteiger charge is 2.50. The van der Waals surface area contributed by atoms with Crippen LogP contribution in [0.2, 0.25) is 0 Å². The highest BCUT2D eigenvalue weighted by molar-refractivity contribution is 6.01. The first-order chi connectivity index (χ1) is 21.7. The van der Waals surface area contributed by atoms with Crippen LogP contribution in [0.15, 0.2) is 110 Å². The Morgan fingerprint density at radius 2 is 1.68 bits per heavy atom. The third kappa shape index (κ3) is 4.42. The highest BCUT2D eigenvalue weighted by Crippen LogP contribution is 2.41. The van der Waals surface area contributed by atoms with Crippen LogP contribution in [0.25, 0.3) is 27.6 Å². The van der Waals surface area contributed by atoms with Gasteiger partial charge in [0, 0.05) is 49.5 Å². The minimum Gasteiger partial charge on any atom is -0.322 e. The molecule has 0 spiro atoms. The number of hydrogen-bond donors (Lipinski definition) is 1. The van der Waals surface area contributed by atoms with Crippen LogP contribution in [0.3, 0.4) is 0 Å². The lowest BCUT2D eigenvalue weighted by molar-refractivity contribution is 0.0932. The lowest BCUT2D eigenvalue weighted by Gasteiger charge is -2.39. The van der Waals surface area contributed by atoms with Crippen LogP contribution in [-0.4, -0.2) is 72.1 Å². The lowest BCUT2D eigenvalue weighted by atomic mass is 10.1. The normalized spacial score (nSPS) is 20.2. The number of carbonyl (C=O) groups excluding carboxylic acids is 1. The van der Waals surface area contributed by atoms with Crippen LogP contribution >= 0.6 is 0 Å². The van der Waals surface area contributed by atoms with Crippen molar-refractivity contribution in [1.82, 2.24) is 34.3 Å². The second-order valence-electron chi connectivity index (χ2n) is 11.3. The van der Waals surface area contributed by atoms with Crippen LogP contribution < -0.4 is 10.2 Å². The zero-order chi connectivity index (χ0) is 29.6. The fourth-order valence-electron chi connectivity index (χ4n) is 6.71. The summed E-state index contributed by atoms with van der Waals surface area (Å²) in [4.78, 5) is 39.4. The summed E-state index contributed by atoms with van der Waals surface area (Å²) in [5.41, 5.74) is 3.64. The molecule has 5 heterocycles. The smallest absolute Gasteiger partial charge is 0.321 e. The molecule has 1 unspecified atom stereocenters. The molecule has 10 heteroatoms. The average molecular weight is 582 g/mol. The molecule has 3 aromatic heterocycles. The molecule has 0 saturated carbocycles. The van der Waals surface area contributed by atoms with Gasteiger partial charge in [-0.25, -0.2) is 14.8 Å². The molecule has 0 radical (unpaired) electrons. The number of aromatic nitrogens is 5. The monoisotopic (exact) mass is 581 g/mol. The van der Waals surface area contributed by atoms with Crippen LogP contribution in [0, 0.1) is 0 Å². The molecule has 2 saturated heterocycles. The summed E-state index contributed by atoms with van der Waals surface area (Å²) < 4.78 is 1.99. The molecule has 2 fully saturated rings. The number of imidazole rings is 1. The molecule has 0 aliphatic carbocycles. The Bertz CT molecular complexity index is 1970. The molecule has 0 bridgehead atoms. The van der Waals surface area contributed by atoms with Gasteiger partial charge in [-0.05, 0) is 48.7 Å². The molecule has 3 atom stereocenters. The summed E-state index contributed by atoms with van der Waals surface area (Å²) in [7, 11) is 0. The van der Waals surface area contributed by atoms with Gasteiger partial charge in [0.1, 0.15) is 18.3 Å². The van der Waals surface area contributed by atoms with Gasteiger partial charge >= 0.3 is 6.03 Å². The standard InChI is InChI=1S/C34H31N9O/c1-23-30-21-40(34(44)38-26-14-8-10-24-9-2-3-11-25(24)26)19-20-41(30)32(28-13-6-7-17-35-28)43(23)33-36-18-16-31(39-33)42-22-37-27-12-4-5-15-29(27)42/h2-18,22-23,30,32H,19-21H2,1H3,(H,38,44)/t23-,30-,32?/m0/s1. The van der Waals surface area contributed by atoms with Gasteiger partial charge in [0.05, 0.1) is 22.4 Å². The molecule has 218 valence electrons. The summed E-state index contributed by atoms with van der Waals surface area (Å²) in [5.74, 6) is 1.36. The predicted octanol–water partition coefficient (Wildman–Crippen LogP) is 5.49. The number of nitrogens with one attached hydrogen (secondary N) is 1. The van der Waals surface area contributed by atoms with Gasteiger partial charge in [-0.1, -0.05) is 54.6 Å². The first-order valence-corrected chi connectivity index (χ1v) is 14.9. The molecular weight excluding hydrogens is 550 g/mol. The van der Waals surface area contributed by atoms with Crippen molar-refractivity contribution in [2.75, 3.05) is 29.9 Å². The molecule has 2 aliphatic rings. The summed E-state index contributed by atoms with van der Waals surface area (Å²) >= 11 is 0. The molecule has 8 rings (SSSR count). The van der Waals surface area contributed by atoms with Crippen molar-refractivity contribution in [1.29, 1.82) is 0 Å². The number of carbonyl (C=O) groups is 1. The number of piperazine rings is 1. The number of hydrogen-bond acceptors (Lipinski definition) is 7. The molecule has 44 heavy (non-hydrogen) atoms. The van der Waals surface area contributed by atoms with Gasteiger partial charge in [0.2, 0.25) is 5.95 Å². The molecule has 6 aromatic rings. The van der Waals surface area contributed by atoms with Gasteiger partial charge in [0.15, 0.2) is 0 Å². The molecule has 1 N–H and O–H groups in total. The van der Waals surface area contributed by atoms with Crippen molar-refractivity contribution < 1.29 is 4.79 Å². The highest BCUT2D eigenvalue weighted by atomic mass is 16.2. The van der Waals surface area contributed by atoms with Crippen molar-refractivity contribution in [3.8, 4) is 5.82 Å². The number of amides is 2. The third-order valence-electron chi connectivity index (χ3n) is 8.87. The van der Waals surface area contributed by atoms with E-state index in [2.05, 4.69) is 45.2 Å². The second kappa shape index (κ2) is 10.7. The molecule has 3 aromatic carbocycles. The average Bonchev–Trinajstić information content (AvgIpc) is 3.64. The number of urea groups is 1. The van der Waals surface area contributed by atoms with E-state index in [9.17, 15) is 4.79 Å². The Labute approximate surface area is 254 Å². The van der Waals surface area contributed by atoms with Crippen molar-refractivity contribution in [3.63, 3.8) is 0 Å². The maximum Gasteiger partial charge on any atom is 0.321 e. The number of rotatable bonds is 4. The topological polar surface area (TPSA) is 95.3 Å². The Balaban J connectivity index is 1.11. The number of para-hydroxylation sites is 2.